The lowest BCUT2D eigenvalue weighted by atomic mass is 9.96. The Kier molecular flexibility index (Phi) is 4.00. The summed E-state index contributed by atoms with van der Waals surface area (Å²) in [5.41, 5.74) is 0.754. The van der Waals surface area contributed by atoms with Crippen LogP contribution in [0.2, 0.25) is 0 Å². The molecule has 8 nitrogen and oxygen atoms in total. The lowest BCUT2D eigenvalue weighted by molar-refractivity contribution is 0.181. The number of piperidine rings is 1. The van der Waals surface area contributed by atoms with Crippen molar-refractivity contribution in [2.24, 2.45) is 0 Å². The standard InChI is InChI=1S/C13H18N4O4S/c1-22(19,20)16-4-2-3-10(9-16)11-7-15-12(8-14-11)17-5-6-21-13(17)18/h7-8,10H,2-6,9H2,1H3/t10-/m1/s1. The molecule has 0 aromatic carbocycles. The lowest BCUT2D eigenvalue weighted by Crippen LogP contribution is -2.38. The molecule has 2 saturated heterocycles. The van der Waals surface area contributed by atoms with Gasteiger partial charge in [-0.15, -0.1) is 0 Å². The van der Waals surface area contributed by atoms with Crippen LogP contribution in [0.1, 0.15) is 24.5 Å². The molecule has 3 heterocycles. The zero-order valence-electron chi connectivity index (χ0n) is 12.3. The number of ether oxygens (including phenoxy) is 1. The molecule has 0 unspecified atom stereocenters. The van der Waals surface area contributed by atoms with Crippen LogP contribution in [-0.2, 0) is 14.8 Å². The second-order valence-corrected chi connectivity index (χ2v) is 7.51. The average molecular weight is 326 g/mol. The number of rotatable bonds is 3. The Morgan fingerprint density at radius 3 is 2.68 bits per heavy atom. The first-order chi connectivity index (χ1) is 10.4. The van der Waals surface area contributed by atoms with Crippen LogP contribution in [0.25, 0.3) is 0 Å². The van der Waals surface area contributed by atoms with E-state index in [9.17, 15) is 13.2 Å². The number of carbonyl (C=O) groups is 1. The van der Waals surface area contributed by atoms with Crippen molar-refractivity contribution >= 4 is 21.9 Å². The van der Waals surface area contributed by atoms with Crippen LogP contribution < -0.4 is 4.90 Å². The Morgan fingerprint density at radius 1 is 1.27 bits per heavy atom. The number of hydrogen-bond donors (Lipinski definition) is 0. The summed E-state index contributed by atoms with van der Waals surface area (Å²) in [6, 6.07) is 0. The molecule has 9 heteroatoms. The molecule has 0 radical (unpaired) electrons. The number of nitrogens with zero attached hydrogens (tertiary/aromatic N) is 4. The highest BCUT2D eigenvalue weighted by Crippen LogP contribution is 2.27. The third-order valence-corrected chi connectivity index (χ3v) is 5.24. The highest BCUT2D eigenvalue weighted by atomic mass is 32.2. The molecule has 0 N–H and O–H groups in total. The summed E-state index contributed by atoms with van der Waals surface area (Å²) in [6.45, 7) is 1.81. The second-order valence-electron chi connectivity index (χ2n) is 5.53. The van der Waals surface area contributed by atoms with E-state index >= 15 is 0 Å². The van der Waals surface area contributed by atoms with Crippen molar-refractivity contribution in [2.45, 2.75) is 18.8 Å². The summed E-state index contributed by atoms with van der Waals surface area (Å²) in [5.74, 6) is 0.498. The molecule has 1 amide bonds. The molecule has 2 fully saturated rings. The van der Waals surface area contributed by atoms with E-state index in [0.717, 1.165) is 18.5 Å². The monoisotopic (exact) mass is 326 g/mol. The average Bonchev–Trinajstić information content (AvgIpc) is 2.93. The summed E-state index contributed by atoms with van der Waals surface area (Å²) in [5, 5.41) is 0. The summed E-state index contributed by atoms with van der Waals surface area (Å²) in [7, 11) is -3.18. The zero-order chi connectivity index (χ0) is 15.7. The van der Waals surface area contributed by atoms with Crippen LogP contribution in [0.15, 0.2) is 12.4 Å². The number of aromatic nitrogens is 2. The minimum absolute atomic E-state index is 0.0376. The number of anilines is 1. The Morgan fingerprint density at radius 2 is 2.09 bits per heavy atom. The molecule has 1 atom stereocenters. The number of sulfonamides is 1. The molecule has 0 bridgehead atoms. The smallest absolute Gasteiger partial charge is 0.415 e. The van der Waals surface area contributed by atoms with E-state index in [4.69, 9.17) is 4.74 Å². The SMILES string of the molecule is CS(=O)(=O)N1CCC[C@@H](c2cnc(N3CCOC3=O)cn2)C1. The van der Waals surface area contributed by atoms with Crippen LogP contribution in [0.4, 0.5) is 10.6 Å². The fourth-order valence-corrected chi connectivity index (χ4v) is 3.68. The Hall–Kier alpha value is -1.74. The maximum absolute atomic E-state index is 11.7. The van der Waals surface area contributed by atoms with Crippen LogP contribution in [0, 0.1) is 0 Å². The predicted molar refractivity (Wildman–Crippen MR) is 79.1 cm³/mol. The molecule has 0 spiro atoms. The normalized spacial score (nSPS) is 23.6. The number of amides is 1. The highest BCUT2D eigenvalue weighted by molar-refractivity contribution is 7.88. The molecule has 22 heavy (non-hydrogen) atoms. The van der Waals surface area contributed by atoms with E-state index in [2.05, 4.69) is 9.97 Å². The van der Waals surface area contributed by atoms with Gasteiger partial charge in [0.05, 0.1) is 30.9 Å². The molecule has 3 rings (SSSR count). The first-order valence-electron chi connectivity index (χ1n) is 7.16. The van der Waals surface area contributed by atoms with Gasteiger partial charge in [0.25, 0.3) is 0 Å². The molecular formula is C13H18N4O4S. The van der Waals surface area contributed by atoms with Gasteiger partial charge in [-0.2, -0.15) is 0 Å². The van der Waals surface area contributed by atoms with E-state index in [-0.39, 0.29) is 5.92 Å². The van der Waals surface area contributed by atoms with Gasteiger partial charge in [-0.1, -0.05) is 0 Å². The Balaban J connectivity index is 1.74. The maximum atomic E-state index is 11.7. The van der Waals surface area contributed by atoms with Gasteiger partial charge in [0.2, 0.25) is 10.0 Å². The summed E-state index contributed by atoms with van der Waals surface area (Å²) in [6.07, 6.45) is 5.66. The van der Waals surface area contributed by atoms with Crippen LogP contribution in [-0.4, -0.2) is 61.3 Å². The van der Waals surface area contributed by atoms with E-state index in [0.29, 0.717) is 32.1 Å². The first-order valence-corrected chi connectivity index (χ1v) is 9.01. The molecule has 0 aliphatic carbocycles. The molecule has 2 aliphatic heterocycles. The molecule has 0 saturated carbocycles. The Bertz CT molecular complexity index is 661. The van der Waals surface area contributed by atoms with Gasteiger partial charge in [-0.05, 0) is 12.8 Å². The fraction of sp³-hybridized carbons (Fsp3) is 0.615. The van der Waals surface area contributed by atoms with E-state index in [1.807, 2.05) is 0 Å². The quantitative estimate of drug-likeness (QED) is 0.806. The van der Waals surface area contributed by atoms with E-state index in [1.54, 1.807) is 12.4 Å². The minimum atomic E-state index is -3.18. The van der Waals surface area contributed by atoms with Crippen molar-refractivity contribution in [2.75, 3.05) is 37.4 Å². The topological polar surface area (TPSA) is 92.7 Å². The van der Waals surface area contributed by atoms with Crippen molar-refractivity contribution in [3.05, 3.63) is 18.1 Å². The van der Waals surface area contributed by atoms with Crippen molar-refractivity contribution in [1.82, 2.24) is 14.3 Å². The van der Waals surface area contributed by atoms with Gasteiger partial charge >= 0.3 is 6.09 Å². The third kappa shape index (κ3) is 3.05. The third-order valence-electron chi connectivity index (χ3n) is 3.97. The van der Waals surface area contributed by atoms with E-state index < -0.39 is 16.1 Å². The lowest BCUT2D eigenvalue weighted by Gasteiger charge is -2.30. The van der Waals surface area contributed by atoms with Gasteiger partial charge in [-0.3, -0.25) is 9.88 Å². The van der Waals surface area contributed by atoms with Gasteiger partial charge in [0.15, 0.2) is 5.82 Å². The Labute approximate surface area is 129 Å². The number of hydrogen-bond acceptors (Lipinski definition) is 6. The van der Waals surface area contributed by atoms with Gasteiger partial charge in [0.1, 0.15) is 6.61 Å². The molecule has 1 aromatic rings. The first kappa shape index (κ1) is 15.2. The van der Waals surface area contributed by atoms with Crippen LogP contribution >= 0.6 is 0 Å². The molecule has 1 aromatic heterocycles. The van der Waals surface area contributed by atoms with E-state index in [1.165, 1.54) is 15.5 Å². The molecule has 120 valence electrons. The minimum Gasteiger partial charge on any atom is -0.447 e. The van der Waals surface area contributed by atoms with Gasteiger partial charge < -0.3 is 4.74 Å². The second kappa shape index (κ2) is 5.81. The van der Waals surface area contributed by atoms with Crippen molar-refractivity contribution in [1.29, 1.82) is 0 Å². The van der Waals surface area contributed by atoms with Gasteiger partial charge in [-0.25, -0.2) is 22.5 Å². The summed E-state index contributed by atoms with van der Waals surface area (Å²) < 4.78 is 29.7. The molecule has 2 aliphatic rings. The maximum Gasteiger partial charge on any atom is 0.415 e. The predicted octanol–water partition coefficient (Wildman–Crippen LogP) is 0.572. The van der Waals surface area contributed by atoms with Gasteiger partial charge in [0, 0.05) is 19.0 Å². The molecular weight excluding hydrogens is 308 g/mol. The number of cyclic esters (lactones) is 1. The number of carbonyl (C=O) groups excluding carboxylic acids is 1. The van der Waals surface area contributed by atoms with Crippen LogP contribution in [0.3, 0.4) is 0 Å². The van der Waals surface area contributed by atoms with Crippen molar-refractivity contribution in [3.63, 3.8) is 0 Å². The summed E-state index contributed by atoms with van der Waals surface area (Å²) in [4.78, 5) is 21.5. The highest BCUT2D eigenvalue weighted by Gasteiger charge is 2.29. The summed E-state index contributed by atoms with van der Waals surface area (Å²) >= 11 is 0. The largest absolute Gasteiger partial charge is 0.447 e. The van der Waals surface area contributed by atoms with Crippen molar-refractivity contribution in [3.8, 4) is 0 Å². The zero-order valence-corrected chi connectivity index (χ0v) is 13.1. The van der Waals surface area contributed by atoms with Crippen molar-refractivity contribution < 1.29 is 17.9 Å². The fourth-order valence-electron chi connectivity index (χ4n) is 2.77. The van der Waals surface area contributed by atoms with Crippen LogP contribution in [0.5, 0.6) is 0 Å².